The van der Waals surface area contributed by atoms with Gasteiger partial charge in [-0.3, -0.25) is 19.5 Å². The van der Waals surface area contributed by atoms with Gasteiger partial charge in [-0.2, -0.15) is 0 Å². The number of pyridine rings is 1. The number of rotatable bonds is 19. The van der Waals surface area contributed by atoms with Gasteiger partial charge < -0.3 is 29.7 Å². The first-order chi connectivity index (χ1) is 25.5. The van der Waals surface area contributed by atoms with Gasteiger partial charge in [-0.1, -0.05) is 39.0 Å². The summed E-state index contributed by atoms with van der Waals surface area (Å²) in [4.78, 5) is 35.4. The van der Waals surface area contributed by atoms with Crippen molar-refractivity contribution in [2.45, 2.75) is 85.1 Å². The van der Waals surface area contributed by atoms with E-state index in [0.717, 1.165) is 51.7 Å². The molecular weight excluding hydrogens is 673 g/mol. The number of halogens is 1. The van der Waals surface area contributed by atoms with Crippen LogP contribution in [0.3, 0.4) is 0 Å². The number of likely N-dealkylation sites (tertiary alicyclic amines) is 1. The summed E-state index contributed by atoms with van der Waals surface area (Å²) < 4.78 is 33.1. The molecule has 2 heterocycles. The van der Waals surface area contributed by atoms with E-state index in [-0.39, 0.29) is 29.5 Å². The molecule has 0 bridgehead atoms. The maximum atomic E-state index is 16.0. The number of likely N-dealkylation sites (N-methyl/N-ethyl adjacent to an activating group) is 1. The van der Waals surface area contributed by atoms with Crippen LogP contribution in [0.5, 0.6) is 5.75 Å². The number of allylic oxidation sites excluding steroid dienone is 5. The van der Waals surface area contributed by atoms with Gasteiger partial charge in [0.05, 0.1) is 20.1 Å². The number of aryl methyl sites for hydroxylation is 1. The fraction of sp³-hybridized carbons (Fsp3) is 0.500. The quantitative estimate of drug-likeness (QED) is 0.0648. The predicted octanol–water partition coefficient (Wildman–Crippen LogP) is 7.64. The topological polar surface area (TPSA) is 105 Å². The van der Waals surface area contributed by atoms with Gasteiger partial charge >= 0.3 is 0 Å². The molecule has 10 nitrogen and oxygen atoms in total. The van der Waals surface area contributed by atoms with E-state index in [2.05, 4.69) is 33.7 Å². The molecular formula is C42H60FN5O5. The molecule has 2 N–H and O–H groups in total. The van der Waals surface area contributed by atoms with Crippen LogP contribution in [0.15, 0.2) is 89.8 Å². The molecule has 53 heavy (non-hydrogen) atoms. The van der Waals surface area contributed by atoms with Crippen molar-refractivity contribution in [2.24, 2.45) is 5.92 Å². The average Bonchev–Trinajstić information content (AvgIpc) is 3.69. The number of hydrogen-bond acceptors (Lipinski definition) is 8. The minimum atomic E-state index is -0.706. The Morgan fingerprint density at radius 3 is 2.42 bits per heavy atom. The van der Waals surface area contributed by atoms with Crippen LogP contribution in [0.25, 0.3) is 6.08 Å². The third-order valence-electron chi connectivity index (χ3n) is 9.87. The van der Waals surface area contributed by atoms with Crippen molar-refractivity contribution in [1.82, 2.24) is 25.4 Å². The van der Waals surface area contributed by atoms with E-state index in [1.165, 1.54) is 37.0 Å². The molecule has 1 aromatic rings. The number of amides is 2. The van der Waals surface area contributed by atoms with E-state index >= 15 is 4.39 Å². The number of nitrogens with one attached hydrogen (secondary N) is 2. The minimum Gasteiger partial charge on any atom is -0.493 e. The molecule has 1 saturated carbocycles. The fourth-order valence-corrected chi connectivity index (χ4v) is 6.77. The molecule has 11 heteroatoms. The monoisotopic (exact) mass is 733 g/mol. The molecule has 2 amide bonds. The van der Waals surface area contributed by atoms with Gasteiger partial charge in [-0.15, -0.1) is 0 Å². The molecule has 2 atom stereocenters. The van der Waals surface area contributed by atoms with Gasteiger partial charge in [0.1, 0.15) is 11.6 Å². The lowest BCUT2D eigenvalue weighted by Gasteiger charge is -2.34. The number of ether oxygens (including phenoxy) is 3. The second kappa shape index (κ2) is 21.8. The minimum absolute atomic E-state index is 0.0416. The Balaban J connectivity index is 1.76. The Morgan fingerprint density at radius 1 is 1.09 bits per heavy atom. The fourth-order valence-electron chi connectivity index (χ4n) is 6.77. The molecule has 1 aliphatic heterocycles. The predicted molar refractivity (Wildman–Crippen MR) is 210 cm³/mol. The Labute approximate surface area is 316 Å². The van der Waals surface area contributed by atoms with Gasteiger partial charge in [0.15, 0.2) is 23.1 Å². The largest absolute Gasteiger partial charge is 0.493 e. The van der Waals surface area contributed by atoms with Crippen LogP contribution in [0.1, 0.15) is 83.4 Å². The first-order valence-electron chi connectivity index (χ1n) is 18.8. The van der Waals surface area contributed by atoms with E-state index in [0.29, 0.717) is 58.5 Å². The molecule has 2 fully saturated rings. The van der Waals surface area contributed by atoms with Gasteiger partial charge in [0, 0.05) is 42.7 Å². The summed E-state index contributed by atoms with van der Waals surface area (Å²) in [5.74, 6) is 0.298. The summed E-state index contributed by atoms with van der Waals surface area (Å²) in [6.45, 7) is 19.1. The summed E-state index contributed by atoms with van der Waals surface area (Å²) >= 11 is 0. The van der Waals surface area contributed by atoms with Crippen molar-refractivity contribution in [3.63, 3.8) is 0 Å². The number of nitrogens with zero attached hydrogens (tertiary/aromatic N) is 3. The van der Waals surface area contributed by atoms with Crippen LogP contribution < -0.4 is 15.4 Å². The Hall–Kier alpha value is -4.64. The summed E-state index contributed by atoms with van der Waals surface area (Å²) in [6.07, 6.45) is 16.6. The van der Waals surface area contributed by atoms with Gasteiger partial charge in [-0.25, -0.2) is 4.39 Å². The highest BCUT2D eigenvalue weighted by Crippen LogP contribution is 2.30. The van der Waals surface area contributed by atoms with Crippen LogP contribution in [0.2, 0.25) is 0 Å². The van der Waals surface area contributed by atoms with Crippen LogP contribution in [0.4, 0.5) is 4.39 Å². The second-order valence-corrected chi connectivity index (χ2v) is 13.3. The lowest BCUT2D eigenvalue weighted by Crippen LogP contribution is -2.48. The number of aromatic nitrogens is 1. The molecule has 0 unspecified atom stereocenters. The normalized spacial score (nSPS) is 19.2. The number of carbonyl (C=O) groups is 2. The van der Waals surface area contributed by atoms with Crippen LogP contribution in [-0.4, -0.2) is 80.1 Å². The van der Waals surface area contributed by atoms with E-state index in [1.807, 2.05) is 13.8 Å². The van der Waals surface area contributed by atoms with E-state index < -0.39 is 5.83 Å². The third-order valence-corrected chi connectivity index (χ3v) is 9.87. The number of methoxy groups -OCH3 is 2. The molecule has 0 spiro atoms. The summed E-state index contributed by atoms with van der Waals surface area (Å²) in [7, 11) is 4.70. The molecule has 1 aliphatic carbocycles. The highest BCUT2D eigenvalue weighted by Gasteiger charge is 2.32. The van der Waals surface area contributed by atoms with Crippen LogP contribution >= 0.6 is 0 Å². The summed E-state index contributed by atoms with van der Waals surface area (Å²) in [6, 6.07) is 1.48. The van der Waals surface area contributed by atoms with E-state index in [9.17, 15) is 9.59 Å². The molecule has 290 valence electrons. The van der Waals surface area contributed by atoms with Gasteiger partial charge in [0.25, 0.3) is 5.91 Å². The Bertz CT molecular complexity index is 1600. The highest BCUT2D eigenvalue weighted by molar-refractivity contribution is 5.98. The first kappa shape index (κ1) is 42.8. The maximum Gasteiger partial charge on any atom is 0.259 e. The molecule has 0 aromatic carbocycles. The van der Waals surface area contributed by atoms with Crippen LogP contribution in [0, 0.1) is 12.8 Å². The molecule has 3 rings (SSSR count). The van der Waals surface area contributed by atoms with E-state index in [4.69, 9.17) is 14.2 Å². The Morgan fingerprint density at radius 2 is 1.79 bits per heavy atom. The molecule has 2 aliphatic rings. The van der Waals surface area contributed by atoms with Crippen molar-refractivity contribution < 1.29 is 28.2 Å². The first-order valence-corrected chi connectivity index (χ1v) is 18.8. The number of hydrogen-bond donors (Lipinski definition) is 2. The van der Waals surface area contributed by atoms with Crippen LogP contribution in [-0.2, 0) is 19.1 Å². The molecule has 1 saturated heterocycles. The maximum absolute atomic E-state index is 16.0. The van der Waals surface area contributed by atoms with Crippen molar-refractivity contribution in [3.8, 4) is 5.75 Å². The van der Waals surface area contributed by atoms with Crippen molar-refractivity contribution in [3.05, 3.63) is 101 Å². The van der Waals surface area contributed by atoms with Crippen molar-refractivity contribution in [1.29, 1.82) is 0 Å². The zero-order valence-electron chi connectivity index (χ0n) is 32.9. The number of carbonyl (C=O) groups excluding carboxylic acids is 2. The van der Waals surface area contributed by atoms with Crippen molar-refractivity contribution >= 4 is 17.9 Å². The lowest BCUT2D eigenvalue weighted by molar-refractivity contribution is -0.126. The highest BCUT2D eigenvalue weighted by atomic mass is 19.1. The van der Waals surface area contributed by atoms with Gasteiger partial charge in [0.2, 0.25) is 5.91 Å². The molecule has 0 radical (unpaired) electrons. The zero-order chi connectivity index (χ0) is 38.9. The average molecular weight is 734 g/mol. The zero-order valence-corrected chi connectivity index (χ0v) is 32.9. The smallest absolute Gasteiger partial charge is 0.259 e. The third kappa shape index (κ3) is 11.9. The van der Waals surface area contributed by atoms with Crippen molar-refractivity contribution in [2.75, 3.05) is 47.4 Å². The van der Waals surface area contributed by atoms with Gasteiger partial charge in [-0.05, 0) is 115 Å². The SMILES string of the molecule is C=C\C(Oc1ccnc(C)c1/C=C(OC)\C(=C/C)OC)=C(F)/C=C(CC)/C(=C/C)C(=O)N(C)C(=C)N[C@@H]1CCCC[C@@H]1C(=O)NCCCN1CCCC1. The lowest BCUT2D eigenvalue weighted by atomic mass is 9.83. The summed E-state index contributed by atoms with van der Waals surface area (Å²) in [5.41, 5.74) is 1.98. The second-order valence-electron chi connectivity index (χ2n) is 13.3. The Kier molecular flexibility index (Phi) is 17.6. The van der Waals surface area contributed by atoms with E-state index in [1.54, 1.807) is 58.5 Å². The molecule has 1 aromatic heterocycles. The summed E-state index contributed by atoms with van der Waals surface area (Å²) in [5, 5.41) is 6.53. The standard InChI is InChI=1S/C42H60FN5O5/c1-10-31(27-35(43)37(12-3)53-39-21-23-44-29(5)34(39)28-40(52-9)38(13-4)51-8)32(11-2)42(50)47(7)30(6)46-36-20-15-14-19-33(36)41(49)45-22-18-26-48-24-16-17-25-48/h11-13,21,23,27-28,33,36,46H,3,6,10,14-20,22,24-26H2,1-2,4-5,7-9H3,(H,45,49)/b31-27+,32-11-,37-35-,38-13+,40-28+/t33-,36+/m0/s1.